The zero-order chi connectivity index (χ0) is 23.2. The molecule has 0 radical (unpaired) electrons. The van der Waals surface area contributed by atoms with Gasteiger partial charge in [-0.25, -0.2) is 9.59 Å². The van der Waals surface area contributed by atoms with Crippen molar-refractivity contribution in [1.82, 2.24) is 9.96 Å². The summed E-state index contributed by atoms with van der Waals surface area (Å²) in [5.41, 5.74) is 2.18. The number of hydrogen-bond donors (Lipinski definition) is 1. The minimum Gasteiger partial charge on any atom is -0.491 e. The van der Waals surface area contributed by atoms with Gasteiger partial charge in [-0.3, -0.25) is 4.84 Å². The quantitative estimate of drug-likeness (QED) is 0.686. The number of carbonyl (C=O) groups is 2. The molecular weight excluding hydrogens is 428 g/mol. The number of fused-ring (bicyclic) bond motifs is 4. The number of ether oxygens (including phenoxy) is 3. The monoisotopic (exact) mass is 454 g/mol. The molecule has 9 heteroatoms. The molecule has 3 atom stereocenters. The number of carbonyl (C=O) groups excluding carboxylic acids is 1. The van der Waals surface area contributed by atoms with Crippen molar-refractivity contribution in [2.45, 2.75) is 44.4 Å². The molecule has 2 fully saturated rings. The van der Waals surface area contributed by atoms with Crippen LogP contribution >= 0.6 is 0 Å². The molecule has 5 rings (SSSR count). The number of hydroxylamine groups is 2. The molecule has 0 aliphatic carbocycles. The Morgan fingerprint density at radius 1 is 1.18 bits per heavy atom. The van der Waals surface area contributed by atoms with Crippen molar-refractivity contribution in [3.63, 3.8) is 0 Å². The zero-order valence-corrected chi connectivity index (χ0v) is 18.5. The molecule has 1 N–H and O–H groups in total. The fraction of sp³-hybridized carbons (Fsp3) is 0.417. The number of urea groups is 1. The molecule has 3 heterocycles. The van der Waals surface area contributed by atoms with Crippen LogP contribution in [0.3, 0.4) is 0 Å². The first-order valence-corrected chi connectivity index (χ1v) is 10.9. The van der Waals surface area contributed by atoms with Crippen molar-refractivity contribution in [2.24, 2.45) is 0 Å². The van der Waals surface area contributed by atoms with Crippen LogP contribution in [0.2, 0.25) is 0 Å². The van der Waals surface area contributed by atoms with Crippen molar-refractivity contribution in [1.29, 1.82) is 0 Å². The Balaban J connectivity index is 1.38. The van der Waals surface area contributed by atoms with Gasteiger partial charge >= 0.3 is 12.0 Å². The number of amides is 2. The standard InChI is InChI=1S/C24H26N2O7/c1-24(2)31-14-17(33-24)13-30-16-8-9-18-19(10-16)20-11-25(21(18)22(27)28)23(29)26(20)32-12-15-6-4-3-5-7-15/h3-10,17,20-21H,11-14H2,1-2H3,(H,27,28)/t17?,20-,21?/m1/s1. The molecule has 3 aliphatic heterocycles. The van der Waals surface area contributed by atoms with E-state index >= 15 is 0 Å². The van der Waals surface area contributed by atoms with Crippen LogP contribution in [0.25, 0.3) is 0 Å². The Morgan fingerprint density at radius 2 is 1.97 bits per heavy atom. The molecule has 174 valence electrons. The predicted octanol–water partition coefficient (Wildman–Crippen LogP) is 3.27. The zero-order valence-electron chi connectivity index (χ0n) is 18.5. The molecular formula is C24H26N2O7. The van der Waals surface area contributed by atoms with E-state index in [1.807, 2.05) is 44.2 Å². The smallest absolute Gasteiger partial charge is 0.345 e. The van der Waals surface area contributed by atoms with E-state index in [0.29, 0.717) is 30.1 Å². The van der Waals surface area contributed by atoms with Crippen molar-refractivity contribution in [2.75, 3.05) is 19.8 Å². The highest BCUT2D eigenvalue weighted by Gasteiger charge is 2.51. The Bertz CT molecular complexity index is 1060. The van der Waals surface area contributed by atoms with E-state index in [9.17, 15) is 14.7 Å². The second-order valence-electron chi connectivity index (χ2n) is 8.83. The second kappa shape index (κ2) is 8.33. The van der Waals surface area contributed by atoms with Crippen molar-refractivity contribution in [3.05, 3.63) is 65.2 Å². The largest absolute Gasteiger partial charge is 0.491 e. The number of aliphatic carboxylic acids is 1. The fourth-order valence-electron chi connectivity index (χ4n) is 4.55. The molecule has 3 aliphatic rings. The third-order valence-corrected chi connectivity index (χ3v) is 6.06. The maximum absolute atomic E-state index is 13.0. The number of hydrogen-bond acceptors (Lipinski definition) is 6. The molecule has 9 nitrogen and oxygen atoms in total. The summed E-state index contributed by atoms with van der Waals surface area (Å²) in [5, 5.41) is 11.2. The Kier molecular flexibility index (Phi) is 5.48. The molecule has 33 heavy (non-hydrogen) atoms. The molecule has 2 unspecified atom stereocenters. The number of carboxylic acids is 1. The van der Waals surface area contributed by atoms with Gasteiger partial charge in [0.05, 0.1) is 13.2 Å². The SMILES string of the molecule is CC1(C)OCC(COc2ccc3c(c2)[C@H]2CN(C(=O)N2OCc2ccccc2)C3C(=O)O)O1. The Morgan fingerprint density at radius 3 is 2.67 bits per heavy atom. The van der Waals surface area contributed by atoms with E-state index in [4.69, 9.17) is 19.0 Å². The Hall–Kier alpha value is -3.14. The lowest BCUT2D eigenvalue weighted by Crippen LogP contribution is -2.38. The third kappa shape index (κ3) is 4.15. The van der Waals surface area contributed by atoms with Crippen LogP contribution in [-0.2, 0) is 25.7 Å². The highest BCUT2D eigenvalue weighted by molar-refractivity contribution is 5.87. The lowest BCUT2D eigenvalue weighted by atomic mass is 9.91. The van der Waals surface area contributed by atoms with Gasteiger partial charge in [-0.05, 0) is 42.7 Å². The van der Waals surface area contributed by atoms with Gasteiger partial charge in [-0.15, -0.1) is 0 Å². The number of nitrogens with zero attached hydrogens (tertiary/aromatic N) is 2. The molecule has 0 spiro atoms. The molecule has 0 aromatic heterocycles. The molecule has 2 aromatic carbocycles. The average Bonchev–Trinajstić information content (AvgIpc) is 3.28. The molecule has 2 amide bonds. The summed E-state index contributed by atoms with van der Waals surface area (Å²) in [7, 11) is 0. The highest BCUT2D eigenvalue weighted by atomic mass is 16.7. The molecule has 2 aromatic rings. The summed E-state index contributed by atoms with van der Waals surface area (Å²) in [6.07, 6.45) is -0.197. The van der Waals surface area contributed by atoms with Gasteiger partial charge in [0.25, 0.3) is 0 Å². The normalized spacial score (nSPS) is 25.3. The summed E-state index contributed by atoms with van der Waals surface area (Å²) in [5.74, 6) is -1.15. The van der Waals surface area contributed by atoms with Gasteiger partial charge in [0, 0.05) is 0 Å². The van der Waals surface area contributed by atoms with Crippen molar-refractivity contribution >= 4 is 12.0 Å². The third-order valence-electron chi connectivity index (χ3n) is 6.06. The van der Waals surface area contributed by atoms with Crippen LogP contribution < -0.4 is 4.74 Å². The van der Waals surface area contributed by atoms with Gasteiger partial charge in [-0.2, -0.15) is 5.06 Å². The summed E-state index contributed by atoms with van der Waals surface area (Å²) >= 11 is 0. The summed E-state index contributed by atoms with van der Waals surface area (Å²) in [6.45, 7) is 4.88. The molecule has 0 saturated carbocycles. The number of benzene rings is 2. The maximum atomic E-state index is 13.0. The maximum Gasteiger partial charge on any atom is 0.345 e. The minimum absolute atomic E-state index is 0.197. The molecule has 2 bridgehead atoms. The average molecular weight is 454 g/mol. The van der Waals surface area contributed by atoms with E-state index in [1.54, 1.807) is 18.2 Å². The van der Waals surface area contributed by atoms with Gasteiger partial charge in [0.1, 0.15) is 31.1 Å². The fourth-order valence-corrected chi connectivity index (χ4v) is 4.55. The van der Waals surface area contributed by atoms with E-state index in [-0.39, 0.29) is 19.3 Å². The van der Waals surface area contributed by atoms with Crippen LogP contribution in [0, 0.1) is 0 Å². The van der Waals surface area contributed by atoms with E-state index in [1.165, 1.54) is 9.96 Å². The van der Waals surface area contributed by atoms with Gasteiger partial charge in [0.2, 0.25) is 0 Å². The van der Waals surface area contributed by atoms with Crippen LogP contribution in [-0.4, -0.2) is 58.7 Å². The number of rotatable bonds is 7. The van der Waals surface area contributed by atoms with Crippen LogP contribution in [0.5, 0.6) is 5.75 Å². The lowest BCUT2D eigenvalue weighted by molar-refractivity contribution is -0.143. The predicted molar refractivity (Wildman–Crippen MR) is 115 cm³/mol. The summed E-state index contributed by atoms with van der Waals surface area (Å²) < 4.78 is 17.3. The van der Waals surface area contributed by atoms with Gasteiger partial charge in [0.15, 0.2) is 11.8 Å². The Labute approximate surface area is 191 Å². The van der Waals surface area contributed by atoms with Crippen LogP contribution in [0.15, 0.2) is 48.5 Å². The number of carboxylic acid groups (broad SMARTS) is 1. The minimum atomic E-state index is -1.08. The lowest BCUT2D eigenvalue weighted by Gasteiger charge is -2.30. The van der Waals surface area contributed by atoms with E-state index < -0.39 is 29.9 Å². The first kappa shape index (κ1) is 21.7. The second-order valence-corrected chi connectivity index (χ2v) is 8.83. The first-order chi connectivity index (χ1) is 15.8. The van der Waals surface area contributed by atoms with Crippen LogP contribution in [0.4, 0.5) is 4.79 Å². The van der Waals surface area contributed by atoms with Crippen LogP contribution in [0.1, 0.15) is 42.6 Å². The topological polar surface area (TPSA) is 97.8 Å². The van der Waals surface area contributed by atoms with Crippen molar-refractivity contribution < 1.29 is 33.7 Å². The van der Waals surface area contributed by atoms with E-state index in [0.717, 1.165) is 5.56 Å². The van der Waals surface area contributed by atoms with E-state index in [2.05, 4.69) is 0 Å². The van der Waals surface area contributed by atoms with Crippen molar-refractivity contribution in [3.8, 4) is 5.75 Å². The molecule has 2 saturated heterocycles. The highest BCUT2D eigenvalue weighted by Crippen LogP contribution is 2.45. The van der Waals surface area contributed by atoms with Gasteiger partial charge < -0.3 is 24.2 Å². The first-order valence-electron chi connectivity index (χ1n) is 10.9. The van der Waals surface area contributed by atoms with Gasteiger partial charge in [-0.1, -0.05) is 36.4 Å². The summed E-state index contributed by atoms with van der Waals surface area (Å²) in [4.78, 5) is 32.3. The summed E-state index contributed by atoms with van der Waals surface area (Å²) in [6, 6.07) is 12.8.